The SMILES string of the molecule is Cn1c(Br)nc2c(N3CCC(C4C(=O)Nc5ccccc54)CC3)ncnc21. The third-order valence-electron chi connectivity index (χ3n) is 5.73. The van der Waals surface area contributed by atoms with E-state index in [0.717, 1.165) is 58.9 Å². The maximum absolute atomic E-state index is 12.5. The number of nitrogens with zero attached hydrogens (tertiary/aromatic N) is 5. The number of halogens is 1. The Labute approximate surface area is 164 Å². The van der Waals surface area contributed by atoms with E-state index >= 15 is 0 Å². The van der Waals surface area contributed by atoms with E-state index in [9.17, 15) is 4.79 Å². The van der Waals surface area contributed by atoms with Crippen LogP contribution in [0.25, 0.3) is 11.2 Å². The molecule has 8 heteroatoms. The second kappa shape index (κ2) is 6.30. The van der Waals surface area contributed by atoms with Crippen LogP contribution in [0.1, 0.15) is 24.3 Å². The van der Waals surface area contributed by atoms with Gasteiger partial charge in [-0.05, 0) is 46.3 Å². The molecular weight excluding hydrogens is 408 g/mol. The van der Waals surface area contributed by atoms with Gasteiger partial charge in [-0.15, -0.1) is 0 Å². The summed E-state index contributed by atoms with van der Waals surface area (Å²) in [6.45, 7) is 1.72. The summed E-state index contributed by atoms with van der Waals surface area (Å²) in [5.74, 6) is 1.30. The van der Waals surface area contributed by atoms with Crippen LogP contribution in [-0.4, -0.2) is 38.5 Å². The number of hydrogen-bond acceptors (Lipinski definition) is 5. The average Bonchev–Trinajstić information content (AvgIpc) is 3.18. The fraction of sp³-hybridized carbons (Fsp3) is 0.368. The smallest absolute Gasteiger partial charge is 0.232 e. The van der Waals surface area contributed by atoms with Crippen LogP contribution < -0.4 is 10.2 Å². The summed E-state index contributed by atoms with van der Waals surface area (Å²) in [6.07, 6.45) is 3.50. The van der Waals surface area contributed by atoms with Crippen molar-refractivity contribution >= 4 is 44.5 Å². The van der Waals surface area contributed by atoms with Gasteiger partial charge in [0.1, 0.15) is 6.33 Å². The van der Waals surface area contributed by atoms with E-state index < -0.39 is 0 Å². The van der Waals surface area contributed by atoms with Gasteiger partial charge in [0.15, 0.2) is 21.7 Å². The van der Waals surface area contributed by atoms with Crippen molar-refractivity contribution in [3.05, 3.63) is 40.9 Å². The van der Waals surface area contributed by atoms with Crippen LogP contribution in [0.4, 0.5) is 11.5 Å². The average molecular weight is 427 g/mol. The number of imidazole rings is 1. The summed E-state index contributed by atoms with van der Waals surface area (Å²) in [5, 5.41) is 3.03. The Kier molecular flexibility index (Phi) is 3.89. The molecule has 0 bridgehead atoms. The summed E-state index contributed by atoms with van der Waals surface area (Å²) in [6, 6.07) is 8.04. The maximum Gasteiger partial charge on any atom is 0.232 e. The highest BCUT2D eigenvalue weighted by Gasteiger charge is 2.38. The zero-order chi connectivity index (χ0) is 18.5. The molecule has 1 atom stereocenters. The Morgan fingerprint density at radius 3 is 2.78 bits per heavy atom. The minimum atomic E-state index is -0.0437. The second-order valence-corrected chi connectivity index (χ2v) is 7.90. The van der Waals surface area contributed by atoms with Gasteiger partial charge in [-0.25, -0.2) is 15.0 Å². The van der Waals surface area contributed by atoms with Crippen molar-refractivity contribution < 1.29 is 4.79 Å². The van der Waals surface area contributed by atoms with Crippen LogP contribution in [0.15, 0.2) is 35.3 Å². The van der Waals surface area contributed by atoms with Crippen molar-refractivity contribution in [3.63, 3.8) is 0 Å². The topological polar surface area (TPSA) is 75.9 Å². The number of carbonyl (C=O) groups is 1. The fourth-order valence-corrected chi connectivity index (χ4v) is 4.68. The van der Waals surface area contributed by atoms with Crippen LogP contribution in [0, 0.1) is 5.92 Å². The van der Waals surface area contributed by atoms with Crippen LogP contribution in [-0.2, 0) is 11.8 Å². The number of benzene rings is 1. The molecule has 1 unspecified atom stereocenters. The molecule has 2 aromatic heterocycles. The molecule has 27 heavy (non-hydrogen) atoms. The van der Waals surface area contributed by atoms with E-state index in [1.165, 1.54) is 0 Å². The highest BCUT2D eigenvalue weighted by Crippen LogP contribution is 2.41. The van der Waals surface area contributed by atoms with E-state index in [1.54, 1.807) is 6.33 Å². The van der Waals surface area contributed by atoms with Crippen molar-refractivity contribution in [2.45, 2.75) is 18.8 Å². The van der Waals surface area contributed by atoms with E-state index in [4.69, 9.17) is 0 Å². The molecule has 1 aromatic carbocycles. The summed E-state index contributed by atoms with van der Waals surface area (Å²) in [5.41, 5.74) is 3.73. The Morgan fingerprint density at radius 1 is 1.19 bits per heavy atom. The van der Waals surface area contributed by atoms with Crippen molar-refractivity contribution in [1.29, 1.82) is 0 Å². The van der Waals surface area contributed by atoms with Crippen molar-refractivity contribution in [1.82, 2.24) is 19.5 Å². The number of piperidine rings is 1. The van der Waals surface area contributed by atoms with Gasteiger partial charge in [0, 0.05) is 25.8 Å². The van der Waals surface area contributed by atoms with E-state index in [1.807, 2.05) is 29.8 Å². The van der Waals surface area contributed by atoms with Gasteiger partial charge >= 0.3 is 0 Å². The number of nitrogens with one attached hydrogen (secondary N) is 1. The largest absolute Gasteiger partial charge is 0.355 e. The Hall–Kier alpha value is -2.48. The molecule has 4 heterocycles. The van der Waals surface area contributed by atoms with Gasteiger partial charge in [0.2, 0.25) is 5.91 Å². The molecule has 7 nitrogen and oxygen atoms in total. The number of fused-ring (bicyclic) bond motifs is 2. The lowest BCUT2D eigenvalue weighted by molar-refractivity contribution is -0.118. The Balaban J connectivity index is 1.39. The first-order chi connectivity index (χ1) is 13.1. The number of aryl methyl sites for hydroxylation is 1. The predicted molar refractivity (Wildman–Crippen MR) is 107 cm³/mol. The third kappa shape index (κ3) is 2.62. The van der Waals surface area contributed by atoms with Crippen LogP contribution in [0.3, 0.4) is 0 Å². The number of rotatable bonds is 2. The predicted octanol–water partition coefficient (Wildman–Crippen LogP) is 3.08. The van der Waals surface area contributed by atoms with E-state index in [0.29, 0.717) is 5.92 Å². The summed E-state index contributed by atoms with van der Waals surface area (Å²) < 4.78 is 2.65. The number of aromatic nitrogens is 4. The van der Waals surface area contributed by atoms with E-state index in [-0.39, 0.29) is 11.8 Å². The first-order valence-electron chi connectivity index (χ1n) is 9.11. The Morgan fingerprint density at radius 2 is 1.96 bits per heavy atom. The van der Waals surface area contributed by atoms with Gasteiger partial charge in [-0.1, -0.05) is 18.2 Å². The normalized spacial score (nSPS) is 20.1. The molecule has 2 aliphatic rings. The molecule has 138 valence electrons. The molecular formula is C19H19BrN6O. The Bertz CT molecular complexity index is 1040. The van der Waals surface area contributed by atoms with Crippen LogP contribution in [0.5, 0.6) is 0 Å². The maximum atomic E-state index is 12.5. The van der Waals surface area contributed by atoms with Gasteiger partial charge in [0.25, 0.3) is 0 Å². The van der Waals surface area contributed by atoms with Crippen molar-refractivity contribution in [3.8, 4) is 0 Å². The molecule has 5 rings (SSSR count). The molecule has 3 aromatic rings. The summed E-state index contributed by atoms with van der Waals surface area (Å²) in [7, 11) is 1.93. The van der Waals surface area contributed by atoms with Crippen molar-refractivity contribution in [2.75, 3.05) is 23.3 Å². The summed E-state index contributed by atoms with van der Waals surface area (Å²) >= 11 is 3.46. The first-order valence-corrected chi connectivity index (χ1v) is 9.90. The minimum absolute atomic E-state index is 0.0437. The first kappa shape index (κ1) is 16.7. The second-order valence-electron chi connectivity index (χ2n) is 7.19. The molecule has 1 saturated heterocycles. The minimum Gasteiger partial charge on any atom is -0.355 e. The van der Waals surface area contributed by atoms with Crippen LogP contribution in [0.2, 0.25) is 0 Å². The summed E-state index contributed by atoms with van der Waals surface area (Å²) in [4.78, 5) is 28.2. The lowest BCUT2D eigenvalue weighted by Crippen LogP contribution is -2.37. The highest BCUT2D eigenvalue weighted by atomic mass is 79.9. The lowest BCUT2D eigenvalue weighted by atomic mass is 9.81. The van der Waals surface area contributed by atoms with Gasteiger partial charge in [-0.2, -0.15) is 0 Å². The lowest BCUT2D eigenvalue weighted by Gasteiger charge is -2.34. The number of anilines is 2. The van der Waals surface area contributed by atoms with Gasteiger partial charge < -0.3 is 14.8 Å². The number of para-hydroxylation sites is 1. The molecule has 0 aliphatic carbocycles. The standard InChI is InChI=1S/C19H19BrN6O/c1-25-16-15(24-19(25)20)17(22-10-21-16)26-8-6-11(7-9-26)14-12-4-2-3-5-13(12)23-18(14)27/h2-5,10-11,14H,6-9H2,1H3,(H,23,27). The molecule has 0 saturated carbocycles. The zero-order valence-electron chi connectivity index (χ0n) is 14.9. The molecule has 0 radical (unpaired) electrons. The van der Waals surface area contributed by atoms with Crippen molar-refractivity contribution in [2.24, 2.45) is 13.0 Å². The molecule has 1 fully saturated rings. The molecule has 0 spiro atoms. The van der Waals surface area contributed by atoms with E-state index in [2.05, 4.69) is 47.2 Å². The van der Waals surface area contributed by atoms with Crippen LogP contribution >= 0.6 is 15.9 Å². The number of carbonyl (C=O) groups excluding carboxylic acids is 1. The fourth-order valence-electron chi connectivity index (χ4n) is 4.34. The molecule has 1 amide bonds. The highest BCUT2D eigenvalue weighted by molar-refractivity contribution is 9.10. The number of amides is 1. The zero-order valence-corrected chi connectivity index (χ0v) is 16.5. The van der Waals surface area contributed by atoms with Gasteiger partial charge in [-0.3, -0.25) is 4.79 Å². The molecule has 2 aliphatic heterocycles. The monoisotopic (exact) mass is 426 g/mol. The quantitative estimate of drug-likeness (QED) is 0.637. The molecule has 1 N–H and O–H groups in total. The third-order valence-corrected chi connectivity index (χ3v) is 6.44. The van der Waals surface area contributed by atoms with Gasteiger partial charge in [0.05, 0.1) is 5.92 Å². The number of hydrogen-bond donors (Lipinski definition) is 1.